The predicted octanol–water partition coefficient (Wildman–Crippen LogP) is 4.73. The fraction of sp³-hybridized carbons (Fsp3) is 0.364. The number of alkyl halides is 3. The first-order chi connectivity index (χ1) is 14.3. The molecule has 2 aliphatic rings. The normalized spacial score (nSPS) is 23.4. The molecule has 0 fully saturated rings. The first kappa shape index (κ1) is 20.9. The summed E-state index contributed by atoms with van der Waals surface area (Å²) in [7, 11) is 0. The average molecular weight is 433 g/mol. The van der Waals surface area contributed by atoms with Gasteiger partial charge in [0.2, 0.25) is 5.91 Å². The number of thioether (sulfide) groups is 1. The van der Waals surface area contributed by atoms with Crippen molar-refractivity contribution in [2.75, 3.05) is 6.54 Å². The van der Waals surface area contributed by atoms with Gasteiger partial charge in [0.15, 0.2) is 0 Å². The Morgan fingerprint density at radius 1 is 1.27 bits per heavy atom. The molecule has 30 heavy (non-hydrogen) atoms. The summed E-state index contributed by atoms with van der Waals surface area (Å²) in [6.07, 6.45) is -2.06. The molecule has 8 heteroatoms. The molecule has 1 aliphatic heterocycles. The highest BCUT2D eigenvalue weighted by molar-refractivity contribution is 8.15. The molecule has 4 nitrogen and oxygen atoms in total. The molecule has 158 valence electrons. The van der Waals surface area contributed by atoms with E-state index in [-0.39, 0.29) is 11.8 Å². The van der Waals surface area contributed by atoms with Gasteiger partial charge in [-0.2, -0.15) is 18.3 Å². The molecule has 2 N–H and O–H groups in total. The zero-order chi connectivity index (χ0) is 21.5. The van der Waals surface area contributed by atoms with E-state index in [2.05, 4.69) is 5.10 Å². The number of nitrogens with zero attached hydrogens (tertiary/aromatic N) is 2. The number of rotatable bonds is 3. The second-order valence-electron chi connectivity index (χ2n) is 7.58. The third kappa shape index (κ3) is 3.41. The largest absolute Gasteiger partial charge is 0.416 e. The van der Waals surface area contributed by atoms with Crippen LogP contribution in [-0.2, 0) is 22.3 Å². The minimum atomic E-state index is -4.45. The van der Waals surface area contributed by atoms with E-state index in [1.54, 1.807) is 6.07 Å². The van der Waals surface area contributed by atoms with Crippen molar-refractivity contribution < 1.29 is 18.0 Å². The molecule has 0 aromatic heterocycles. The van der Waals surface area contributed by atoms with Crippen molar-refractivity contribution in [3.63, 3.8) is 0 Å². The van der Waals surface area contributed by atoms with Crippen LogP contribution in [-0.4, -0.2) is 22.5 Å². The first-order valence-electron chi connectivity index (χ1n) is 9.82. The standard InChI is InChI=1S/C22H22F3N3OS/c1-14(29)28-21(17(11-12-26)10-9-15-5-2-3-8-19(15)21)30-20(27-28)16-6-4-7-18(13-16)22(23,24)25/h2-8,13,17H,9-12,26H2,1H3/t17-,21-/m1/s1. The van der Waals surface area contributed by atoms with Crippen molar-refractivity contribution in [3.8, 4) is 0 Å². The molecule has 2 atom stereocenters. The second-order valence-corrected chi connectivity index (χ2v) is 8.80. The number of hydrogen-bond donors (Lipinski definition) is 1. The summed E-state index contributed by atoms with van der Waals surface area (Å²) in [5, 5.41) is 6.42. The van der Waals surface area contributed by atoms with Gasteiger partial charge in [-0.15, -0.1) is 0 Å². The third-order valence-corrected chi connectivity index (χ3v) is 7.27. The smallest absolute Gasteiger partial charge is 0.330 e. The lowest BCUT2D eigenvalue weighted by Gasteiger charge is -2.45. The highest BCUT2D eigenvalue weighted by Crippen LogP contribution is 2.57. The summed E-state index contributed by atoms with van der Waals surface area (Å²) < 4.78 is 39.7. The van der Waals surface area contributed by atoms with Crippen LogP contribution in [0.3, 0.4) is 0 Å². The number of carbonyl (C=O) groups is 1. The van der Waals surface area contributed by atoms with Crippen LogP contribution in [0.1, 0.15) is 42.0 Å². The highest BCUT2D eigenvalue weighted by Gasteiger charge is 2.55. The second kappa shape index (κ2) is 7.74. The topological polar surface area (TPSA) is 58.7 Å². The summed E-state index contributed by atoms with van der Waals surface area (Å²) in [4.78, 5) is 11.9. The van der Waals surface area contributed by atoms with Crippen molar-refractivity contribution in [2.24, 2.45) is 16.8 Å². The Kier molecular flexibility index (Phi) is 5.40. The molecule has 0 saturated carbocycles. The van der Waals surface area contributed by atoms with Crippen molar-refractivity contribution in [2.45, 2.75) is 37.2 Å². The summed E-state index contributed by atoms with van der Waals surface area (Å²) in [5.74, 6) is -0.207. The number of carbonyl (C=O) groups excluding carboxylic acids is 1. The minimum absolute atomic E-state index is 0.0401. The molecule has 1 amide bonds. The molecular formula is C22H22F3N3OS. The van der Waals surface area contributed by atoms with E-state index in [9.17, 15) is 18.0 Å². The monoisotopic (exact) mass is 433 g/mol. The molecule has 0 radical (unpaired) electrons. The van der Waals surface area contributed by atoms with Gasteiger partial charge in [-0.25, -0.2) is 5.01 Å². The number of hydrazone groups is 1. The van der Waals surface area contributed by atoms with E-state index >= 15 is 0 Å². The zero-order valence-corrected chi connectivity index (χ0v) is 17.3. The SMILES string of the molecule is CC(=O)N1N=C(c2cccc(C(F)(F)F)c2)S[C@]12c1ccccc1CC[C@@H]2CCN. The van der Waals surface area contributed by atoms with Crippen LogP contribution < -0.4 is 5.73 Å². The van der Waals surface area contributed by atoms with Crippen LogP contribution in [0.4, 0.5) is 13.2 Å². The number of benzene rings is 2. The van der Waals surface area contributed by atoms with Crippen molar-refractivity contribution in [1.29, 1.82) is 0 Å². The highest BCUT2D eigenvalue weighted by atomic mass is 32.2. The fourth-order valence-corrected chi connectivity index (χ4v) is 6.05. The number of aryl methyl sites for hydroxylation is 1. The van der Waals surface area contributed by atoms with Crippen LogP contribution in [0, 0.1) is 5.92 Å². The molecule has 2 aromatic rings. The maximum atomic E-state index is 13.2. The van der Waals surface area contributed by atoms with Gasteiger partial charge in [0.1, 0.15) is 9.91 Å². The van der Waals surface area contributed by atoms with Crippen LogP contribution in [0.25, 0.3) is 0 Å². The summed E-state index contributed by atoms with van der Waals surface area (Å²) >= 11 is 1.37. The Morgan fingerprint density at radius 2 is 2.03 bits per heavy atom. The van der Waals surface area contributed by atoms with E-state index in [1.807, 2.05) is 24.3 Å². The Bertz CT molecular complexity index is 1010. The van der Waals surface area contributed by atoms with Crippen LogP contribution in [0.15, 0.2) is 53.6 Å². The predicted molar refractivity (Wildman–Crippen MR) is 112 cm³/mol. The zero-order valence-electron chi connectivity index (χ0n) is 16.4. The van der Waals surface area contributed by atoms with Gasteiger partial charge in [0.25, 0.3) is 0 Å². The van der Waals surface area contributed by atoms with Gasteiger partial charge in [0, 0.05) is 12.5 Å². The van der Waals surface area contributed by atoms with Gasteiger partial charge in [0.05, 0.1) is 5.56 Å². The maximum absolute atomic E-state index is 13.2. The van der Waals surface area contributed by atoms with Crippen molar-refractivity contribution in [3.05, 3.63) is 70.8 Å². The fourth-order valence-electron chi connectivity index (χ4n) is 4.43. The number of nitrogens with two attached hydrogens (primary N) is 1. The molecule has 0 bridgehead atoms. The van der Waals surface area contributed by atoms with Gasteiger partial charge in [-0.05, 0) is 55.0 Å². The first-order valence-corrected chi connectivity index (χ1v) is 10.6. The lowest BCUT2D eigenvalue weighted by atomic mass is 9.77. The molecule has 1 aliphatic carbocycles. The molecule has 2 aromatic carbocycles. The van der Waals surface area contributed by atoms with E-state index < -0.39 is 16.6 Å². The molecule has 4 rings (SSSR count). The molecular weight excluding hydrogens is 411 g/mol. The van der Waals surface area contributed by atoms with E-state index in [0.29, 0.717) is 23.6 Å². The minimum Gasteiger partial charge on any atom is -0.330 e. The van der Waals surface area contributed by atoms with Gasteiger partial charge in [-0.3, -0.25) is 4.79 Å². The summed E-state index contributed by atoms with van der Waals surface area (Å²) in [6, 6.07) is 13.0. The third-order valence-electron chi connectivity index (χ3n) is 5.73. The van der Waals surface area contributed by atoms with Crippen LogP contribution >= 0.6 is 11.8 Å². The lowest BCUT2D eigenvalue weighted by Crippen LogP contribution is -2.49. The van der Waals surface area contributed by atoms with Crippen LogP contribution in [0.5, 0.6) is 0 Å². The Balaban J connectivity index is 1.85. The summed E-state index contributed by atoms with van der Waals surface area (Å²) in [5.41, 5.74) is 7.63. The van der Waals surface area contributed by atoms with Crippen LogP contribution in [0.2, 0.25) is 0 Å². The van der Waals surface area contributed by atoms with Gasteiger partial charge in [-0.1, -0.05) is 48.2 Å². The number of hydrogen-bond acceptors (Lipinski definition) is 4. The quantitative estimate of drug-likeness (QED) is 0.762. The Hall–Kier alpha value is -2.32. The number of amides is 1. The molecule has 0 saturated heterocycles. The number of halogens is 3. The van der Waals surface area contributed by atoms with E-state index in [0.717, 1.165) is 36.1 Å². The maximum Gasteiger partial charge on any atom is 0.416 e. The van der Waals surface area contributed by atoms with Crippen molar-refractivity contribution in [1.82, 2.24) is 5.01 Å². The van der Waals surface area contributed by atoms with E-state index in [1.165, 1.54) is 29.8 Å². The molecule has 1 heterocycles. The Morgan fingerprint density at radius 3 is 2.73 bits per heavy atom. The molecule has 1 spiro atoms. The van der Waals surface area contributed by atoms with Gasteiger partial charge >= 0.3 is 6.18 Å². The molecule has 0 unspecified atom stereocenters. The van der Waals surface area contributed by atoms with Crippen molar-refractivity contribution >= 4 is 22.7 Å². The lowest BCUT2D eigenvalue weighted by molar-refractivity contribution is -0.137. The van der Waals surface area contributed by atoms with Gasteiger partial charge < -0.3 is 5.73 Å². The summed E-state index contributed by atoms with van der Waals surface area (Å²) in [6.45, 7) is 1.90. The average Bonchev–Trinajstić information content (AvgIpc) is 3.12. The van der Waals surface area contributed by atoms with E-state index in [4.69, 9.17) is 5.73 Å². The number of fused-ring (bicyclic) bond motifs is 2. The Labute approximate surface area is 177 Å².